The molecule has 2 aliphatic heterocycles. The standard InChI is InChI=1S/C33H26FN3O5S.C14H9ClN2O.CH4/c1-4-28(38)31-23-16-22(20-11-14-29-24(15-20)33-35-25-7-5-6-8-26(25)37(33)18-41-29)27(36(2)43(3,39)40)17-30(23)42-32(31)19-9-12-21(34)13-10-19;15-9-5-6-13-10(7-9)14-16-11-3-1-2-4-12(11)17(14)8-18-13;/h5-17H,4,18H2,1-3H3;1-7H,8H2;1H4. The van der Waals surface area contributed by atoms with Gasteiger partial charge in [-0.2, -0.15) is 0 Å². The Hall–Kier alpha value is -6.96. The summed E-state index contributed by atoms with van der Waals surface area (Å²) in [5.41, 5.74) is 8.45. The summed E-state index contributed by atoms with van der Waals surface area (Å²) < 4.78 is 62.6. The number of benzene rings is 6. The van der Waals surface area contributed by atoms with E-state index in [4.69, 9.17) is 30.5 Å². The molecule has 0 aliphatic carbocycles. The number of halogens is 2. The molecular weight excluding hydrogens is 829 g/mol. The molecule has 11 rings (SSSR count). The van der Waals surface area contributed by atoms with Gasteiger partial charge in [-0.15, -0.1) is 0 Å². The Balaban J connectivity index is 0.000000214. The van der Waals surface area contributed by atoms with Crippen LogP contribution in [0.5, 0.6) is 11.5 Å². The summed E-state index contributed by atoms with van der Waals surface area (Å²) in [5, 5.41) is 1.23. The molecule has 14 heteroatoms. The molecule has 0 N–H and O–H groups in total. The number of furan rings is 1. The molecule has 0 saturated heterocycles. The number of carbonyl (C=O) groups excluding carboxylic acids is 1. The molecule has 11 nitrogen and oxygen atoms in total. The highest BCUT2D eigenvalue weighted by molar-refractivity contribution is 7.92. The van der Waals surface area contributed by atoms with Crippen molar-refractivity contribution in [2.24, 2.45) is 0 Å². The van der Waals surface area contributed by atoms with Gasteiger partial charge < -0.3 is 13.9 Å². The minimum atomic E-state index is -3.68. The fraction of sp³-hybridized carbons (Fsp3) is 0.146. The molecule has 312 valence electrons. The van der Waals surface area contributed by atoms with Crippen LogP contribution in [0.3, 0.4) is 0 Å². The van der Waals surface area contributed by atoms with E-state index in [9.17, 15) is 17.6 Å². The van der Waals surface area contributed by atoms with Crippen LogP contribution in [0, 0.1) is 5.82 Å². The monoisotopic (exact) mass is 867 g/mol. The lowest BCUT2D eigenvalue weighted by molar-refractivity contribution is 0.0989. The number of ether oxygens (including phenoxy) is 2. The highest BCUT2D eigenvalue weighted by Gasteiger charge is 2.28. The first-order valence-electron chi connectivity index (χ1n) is 19.4. The number of hydrogen-bond acceptors (Lipinski definition) is 8. The molecule has 0 radical (unpaired) electrons. The summed E-state index contributed by atoms with van der Waals surface area (Å²) in [4.78, 5) is 22.8. The van der Waals surface area contributed by atoms with Crippen LogP contribution in [0.2, 0.25) is 5.02 Å². The molecule has 0 amide bonds. The number of anilines is 1. The van der Waals surface area contributed by atoms with Crippen LogP contribution in [-0.2, 0) is 23.5 Å². The molecule has 0 fully saturated rings. The van der Waals surface area contributed by atoms with E-state index in [0.717, 1.165) is 56.8 Å². The largest absolute Gasteiger partial charge is 0.472 e. The minimum Gasteiger partial charge on any atom is -0.472 e. The van der Waals surface area contributed by atoms with Gasteiger partial charge in [0.15, 0.2) is 19.2 Å². The maximum absolute atomic E-state index is 13.7. The number of ketones is 1. The van der Waals surface area contributed by atoms with Crippen molar-refractivity contribution >= 4 is 66.1 Å². The van der Waals surface area contributed by atoms with Crippen LogP contribution in [-0.4, -0.2) is 46.6 Å². The molecule has 5 heterocycles. The van der Waals surface area contributed by atoms with E-state index in [-0.39, 0.29) is 19.6 Å². The SMILES string of the molecule is C.CCC(=O)c1c(-c2ccc(F)cc2)oc2cc(N(C)S(C)(=O)=O)c(-c3ccc4c(c3)-c3nc5ccccc5n3CO4)cc12.Clc1ccc2c(c1)-c1nc3ccccc3n1CO2. The normalized spacial score (nSPS) is 12.5. The third-order valence-electron chi connectivity index (χ3n) is 11.1. The quantitative estimate of drug-likeness (QED) is 0.151. The molecule has 9 aromatic rings. The average Bonchev–Trinajstić information content (AvgIpc) is 3.97. The smallest absolute Gasteiger partial charge is 0.232 e. The van der Waals surface area contributed by atoms with Crippen molar-refractivity contribution < 1.29 is 31.5 Å². The fourth-order valence-corrected chi connectivity index (χ4v) is 8.63. The van der Waals surface area contributed by atoms with Crippen LogP contribution >= 0.6 is 11.6 Å². The Morgan fingerprint density at radius 2 is 1.32 bits per heavy atom. The Morgan fingerprint density at radius 3 is 1.92 bits per heavy atom. The third-order valence-corrected chi connectivity index (χ3v) is 12.5. The van der Waals surface area contributed by atoms with Crippen LogP contribution < -0.4 is 13.8 Å². The molecular formula is C48H39ClFN5O6S. The highest BCUT2D eigenvalue weighted by Crippen LogP contribution is 2.45. The minimum absolute atomic E-state index is 0. The summed E-state index contributed by atoms with van der Waals surface area (Å²) in [6.07, 6.45) is 1.34. The third kappa shape index (κ3) is 6.83. The van der Waals surface area contributed by atoms with Crippen molar-refractivity contribution in [3.8, 4) is 56.7 Å². The number of imidazole rings is 2. The summed E-state index contributed by atoms with van der Waals surface area (Å²) in [6, 6.07) is 36.3. The van der Waals surface area contributed by atoms with Gasteiger partial charge in [-0.3, -0.25) is 18.2 Å². The second-order valence-electron chi connectivity index (χ2n) is 14.8. The van der Waals surface area contributed by atoms with Crippen LogP contribution in [0.25, 0.3) is 78.3 Å². The lowest BCUT2D eigenvalue weighted by Gasteiger charge is -2.23. The molecule has 0 atom stereocenters. The second kappa shape index (κ2) is 15.5. The van der Waals surface area contributed by atoms with E-state index >= 15 is 0 Å². The van der Waals surface area contributed by atoms with Gasteiger partial charge in [-0.25, -0.2) is 22.8 Å². The molecule has 0 bridgehead atoms. The first-order valence-corrected chi connectivity index (χ1v) is 21.6. The van der Waals surface area contributed by atoms with Crippen molar-refractivity contribution in [2.45, 2.75) is 34.2 Å². The first kappa shape index (κ1) is 40.4. The van der Waals surface area contributed by atoms with Gasteiger partial charge in [0.25, 0.3) is 0 Å². The lowest BCUT2D eigenvalue weighted by Crippen LogP contribution is -2.25. The van der Waals surface area contributed by atoms with E-state index in [0.29, 0.717) is 68.9 Å². The summed E-state index contributed by atoms with van der Waals surface area (Å²) in [7, 11) is -2.20. The van der Waals surface area contributed by atoms with Gasteiger partial charge in [0.05, 0.1) is 50.7 Å². The van der Waals surface area contributed by atoms with Crippen LogP contribution in [0.4, 0.5) is 10.1 Å². The van der Waals surface area contributed by atoms with E-state index in [1.165, 1.54) is 23.5 Å². The Morgan fingerprint density at radius 1 is 0.758 bits per heavy atom. The van der Waals surface area contributed by atoms with Gasteiger partial charge in [-0.05, 0) is 90.5 Å². The molecule has 6 aromatic carbocycles. The molecule has 0 spiro atoms. The Bertz CT molecular complexity index is 3360. The average molecular weight is 868 g/mol. The number of sulfonamides is 1. The topological polar surface area (TPSA) is 122 Å². The van der Waals surface area contributed by atoms with E-state index in [1.807, 2.05) is 89.5 Å². The molecule has 0 unspecified atom stereocenters. The van der Waals surface area contributed by atoms with Crippen molar-refractivity contribution in [3.05, 3.63) is 138 Å². The highest BCUT2D eigenvalue weighted by atomic mass is 35.5. The number of Topliss-reactive ketones (excluding diaryl/α,β-unsaturated/α-hetero) is 1. The fourth-order valence-electron chi connectivity index (χ4n) is 7.95. The zero-order valence-electron chi connectivity index (χ0n) is 33.0. The molecule has 3 aromatic heterocycles. The summed E-state index contributed by atoms with van der Waals surface area (Å²) in [6.45, 7) is 2.57. The van der Waals surface area contributed by atoms with Gasteiger partial charge in [0, 0.05) is 41.1 Å². The lowest BCUT2D eigenvalue weighted by atomic mass is 9.95. The van der Waals surface area contributed by atoms with E-state index in [2.05, 4.69) is 9.55 Å². The number of nitrogens with zero attached hydrogens (tertiary/aromatic N) is 5. The number of fused-ring (bicyclic) bond motifs is 11. The van der Waals surface area contributed by atoms with E-state index in [1.54, 1.807) is 31.2 Å². The first-order chi connectivity index (χ1) is 29.5. The number of aromatic nitrogens is 4. The predicted octanol–water partition coefficient (Wildman–Crippen LogP) is 11.6. The van der Waals surface area contributed by atoms with Crippen molar-refractivity contribution in [1.29, 1.82) is 0 Å². The van der Waals surface area contributed by atoms with E-state index < -0.39 is 15.8 Å². The van der Waals surface area contributed by atoms with Gasteiger partial charge in [0.2, 0.25) is 10.0 Å². The zero-order valence-corrected chi connectivity index (χ0v) is 34.6. The van der Waals surface area contributed by atoms with Gasteiger partial charge in [-0.1, -0.05) is 56.3 Å². The van der Waals surface area contributed by atoms with Crippen LogP contribution in [0.1, 0.15) is 31.1 Å². The maximum atomic E-state index is 13.7. The molecule has 0 saturated carbocycles. The number of hydrogen-bond donors (Lipinski definition) is 0. The predicted molar refractivity (Wildman–Crippen MR) is 242 cm³/mol. The second-order valence-corrected chi connectivity index (χ2v) is 17.2. The van der Waals surface area contributed by atoms with Crippen molar-refractivity contribution in [3.63, 3.8) is 0 Å². The Labute approximate surface area is 361 Å². The number of carbonyl (C=O) groups is 1. The van der Waals surface area contributed by atoms with Crippen molar-refractivity contribution in [1.82, 2.24) is 19.1 Å². The van der Waals surface area contributed by atoms with Gasteiger partial charge >= 0.3 is 0 Å². The number of rotatable bonds is 6. The summed E-state index contributed by atoms with van der Waals surface area (Å²) >= 11 is 6.05. The molecule has 2 aliphatic rings. The van der Waals surface area contributed by atoms with Crippen LogP contribution in [0.15, 0.2) is 126 Å². The Kier molecular flexibility index (Phi) is 10.1. The zero-order chi connectivity index (χ0) is 42.2. The van der Waals surface area contributed by atoms with Gasteiger partial charge in [0.1, 0.15) is 40.3 Å². The number of para-hydroxylation sites is 4. The van der Waals surface area contributed by atoms with Crippen molar-refractivity contribution in [2.75, 3.05) is 17.6 Å². The maximum Gasteiger partial charge on any atom is 0.232 e. The summed E-state index contributed by atoms with van der Waals surface area (Å²) in [5.74, 6) is 2.90. The molecule has 62 heavy (non-hydrogen) atoms.